The highest BCUT2D eigenvalue weighted by molar-refractivity contribution is 5.95. The topological polar surface area (TPSA) is 42.0 Å². The van der Waals surface area contributed by atoms with Crippen molar-refractivity contribution in [3.63, 3.8) is 0 Å². The number of likely N-dealkylation sites (N-methyl/N-ethyl adjacent to an activating group) is 1. The summed E-state index contributed by atoms with van der Waals surface area (Å²) in [5.41, 5.74) is 0.662. The van der Waals surface area contributed by atoms with Gasteiger partial charge in [-0.05, 0) is 25.2 Å². The normalized spacial score (nSPS) is 21.1. The minimum Gasteiger partial charge on any atom is -0.449 e. The number of ether oxygens (including phenoxy) is 2. The van der Waals surface area contributed by atoms with Crippen LogP contribution in [-0.4, -0.2) is 54.7 Å². The number of carbonyl (C=O) groups is 1. The third kappa shape index (κ3) is 2.45. The van der Waals surface area contributed by atoms with Crippen molar-refractivity contribution in [3.8, 4) is 11.5 Å². The molecule has 20 heavy (non-hydrogen) atoms. The van der Waals surface area contributed by atoms with Crippen molar-refractivity contribution >= 4 is 5.91 Å². The van der Waals surface area contributed by atoms with E-state index in [2.05, 4.69) is 11.9 Å². The van der Waals surface area contributed by atoms with Crippen molar-refractivity contribution < 1.29 is 14.3 Å². The first-order chi connectivity index (χ1) is 9.44. The first kappa shape index (κ1) is 13.2. The van der Waals surface area contributed by atoms with Gasteiger partial charge in [0.2, 0.25) is 5.79 Å². The highest BCUT2D eigenvalue weighted by Crippen LogP contribution is 2.39. The molecule has 5 heteroatoms. The Labute approximate surface area is 119 Å². The van der Waals surface area contributed by atoms with Crippen LogP contribution in [0.4, 0.5) is 0 Å². The van der Waals surface area contributed by atoms with Gasteiger partial charge >= 0.3 is 0 Å². The minimum atomic E-state index is -0.655. The van der Waals surface area contributed by atoms with Crippen molar-refractivity contribution in [1.82, 2.24) is 9.80 Å². The summed E-state index contributed by atoms with van der Waals surface area (Å²) in [7, 11) is 2.07. The number of benzene rings is 1. The smallest absolute Gasteiger partial charge is 0.254 e. The maximum Gasteiger partial charge on any atom is 0.254 e. The quantitative estimate of drug-likeness (QED) is 0.781. The van der Waals surface area contributed by atoms with E-state index < -0.39 is 5.79 Å². The molecule has 108 valence electrons. The van der Waals surface area contributed by atoms with Crippen LogP contribution in [0, 0.1) is 0 Å². The maximum atomic E-state index is 12.5. The average Bonchev–Trinajstić information content (AvgIpc) is 2.71. The van der Waals surface area contributed by atoms with Gasteiger partial charge in [0.25, 0.3) is 5.91 Å². The molecule has 0 N–H and O–H groups in total. The Morgan fingerprint density at radius 2 is 1.75 bits per heavy atom. The molecule has 2 heterocycles. The molecule has 2 aliphatic heterocycles. The fraction of sp³-hybridized carbons (Fsp3) is 0.533. The van der Waals surface area contributed by atoms with E-state index in [9.17, 15) is 4.79 Å². The van der Waals surface area contributed by atoms with Gasteiger partial charge in [-0.15, -0.1) is 0 Å². The highest BCUT2D eigenvalue weighted by atomic mass is 16.7. The standard InChI is InChI=1S/C15H20N2O3/c1-15(2)19-12-5-4-11(10-13(12)20-15)14(18)17-8-6-16(3)7-9-17/h4-5,10H,6-9H2,1-3H3. The zero-order valence-corrected chi connectivity index (χ0v) is 12.2. The lowest BCUT2D eigenvalue weighted by molar-refractivity contribution is -0.0431. The molecule has 0 saturated carbocycles. The van der Waals surface area contributed by atoms with Gasteiger partial charge in [-0.2, -0.15) is 0 Å². The molecule has 0 radical (unpaired) electrons. The van der Waals surface area contributed by atoms with Crippen molar-refractivity contribution in [2.45, 2.75) is 19.6 Å². The molecule has 1 amide bonds. The first-order valence-electron chi connectivity index (χ1n) is 6.94. The van der Waals surface area contributed by atoms with Crippen molar-refractivity contribution in [3.05, 3.63) is 23.8 Å². The molecule has 2 aliphatic rings. The van der Waals surface area contributed by atoms with Gasteiger partial charge < -0.3 is 19.3 Å². The van der Waals surface area contributed by atoms with Crippen LogP contribution in [0.3, 0.4) is 0 Å². The number of rotatable bonds is 1. The van der Waals surface area contributed by atoms with Crippen molar-refractivity contribution in [2.75, 3.05) is 33.2 Å². The molecule has 0 unspecified atom stereocenters. The number of fused-ring (bicyclic) bond motifs is 1. The summed E-state index contributed by atoms with van der Waals surface area (Å²) in [6.07, 6.45) is 0. The van der Waals surface area contributed by atoms with E-state index in [1.54, 1.807) is 6.07 Å². The summed E-state index contributed by atoms with van der Waals surface area (Å²) in [5.74, 6) is 0.756. The minimum absolute atomic E-state index is 0.0641. The van der Waals surface area contributed by atoms with Crippen LogP contribution in [0.15, 0.2) is 18.2 Å². The molecule has 3 rings (SSSR count). The SMILES string of the molecule is CN1CCN(C(=O)c2ccc3c(c2)OC(C)(C)O3)CC1. The number of hydrogen-bond donors (Lipinski definition) is 0. The summed E-state index contributed by atoms with van der Waals surface area (Å²) in [5, 5.41) is 0. The fourth-order valence-electron chi connectivity index (χ4n) is 2.55. The molecule has 0 aromatic heterocycles. The number of carbonyl (C=O) groups excluding carboxylic acids is 1. The maximum absolute atomic E-state index is 12.5. The molecule has 0 spiro atoms. The zero-order chi connectivity index (χ0) is 14.3. The molecule has 1 aromatic rings. The molecular weight excluding hydrogens is 256 g/mol. The molecule has 1 fully saturated rings. The number of piperazine rings is 1. The lowest BCUT2D eigenvalue weighted by atomic mass is 10.1. The Kier molecular flexibility index (Phi) is 3.09. The monoisotopic (exact) mass is 276 g/mol. The van der Waals surface area contributed by atoms with Gasteiger partial charge in [0.1, 0.15) is 0 Å². The van der Waals surface area contributed by atoms with Gasteiger partial charge in [0.05, 0.1) is 0 Å². The van der Waals surface area contributed by atoms with E-state index in [0.717, 1.165) is 26.2 Å². The van der Waals surface area contributed by atoms with Gasteiger partial charge in [0, 0.05) is 45.6 Å². The van der Waals surface area contributed by atoms with Crippen LogP contribution in [0.1, 0.15) is 24.2 Å². The second-order valence-corrected chi connectivity index (χ2v) is 5.86. The van der Waals surface area contributed by atoms with Crippen LogP contribution in [-0.2, 0) is 0 Å². The number of hydrogen-bond acceptors (Lipinski definition) is 4. The van der Waals surface area contributed by atoms with Crippen LogP contribution in [0.25, 0.3) is 0 Å². The van der Waals surface area contributed by atoms with E-state index in [4.69, 9.17) is 9.47 Å². The summed E-state index contributed by atoms with van der Waals surface area (Å²) >= 11 is 0. The molecule has 5 nitrogen and oxygen atoms in total. The average molecular weight is 276 g/mol. The van der Waals surface area contributed by atoms with Gasteiger partial charge in [0.15, 0.2) is 11.5 Å². The molecule has 1 saturated heterocycles. The largest absolute Gasteiger partial charge is 0.449 e. The summed E-state index contributed by atoms with van der Waals surface area (Å²) < 4.78 is 11.3. The van der Waals surface area contributed by atoms with Crippen molar-refractivity contribution in [1.29, 1.82) is 0 Å². The number of amides is 1. The lowest BCUT2D eigenvalue weighted by Gasteiger charge is -2.32. The fourth-order valence-corrected chi connectivity index (χ4v) is 2.55. The van der Waals surface area contributed by atoms with Gasteiger partial charge in [-0.3, -0.25) is 4.79 Å². The van der Waals surface area contributed by atoms with E-state index in [1.807, 2.05) is 30.9 Å². The first-order valence-corrected chi connectivity index (χ1v) is 6.94. The summed E-state index contributed by atoms with van der Waals surface area (Å²) in [6, 6.07) is 5.41. The second-order valence-electron chi connectivity index (χ2n) is 5.86. The molecule has 1 aromatic carbocycles. The van der Waals surface area contributed by atoms with Crippen molar-refractivity contribution in [2.24, 2.45) is 0 Å². The van der Waals surface area contributed by atoms with Gasteiger partial charge in [-0.25, -0.2) is 0 Å². The Balaban J connectivity index is 1.77. The molecule has 0 bridgehead atoms. The van der Waals surface area contributed by atoms with Crippen LogP contribution in [0.5, 0.6) is 11.5 Å². The van der Waals surface area contributed by atoms with Crippen LogP contribution < -0.4 is 9.47 Å². The molecular formula is C15H20N2O3. The third-order valence-electron chi connectivity index (χ3n) is 3.69. The van der Waals surface area contributed by atoms with Crippen LogP contribution >= 0.6 is 0 Å². The number of nitrogens with zero attached hydrogens (tertiary/aromatic N) is 2. The summed E-state index contributed by atoms with van der Waals surface area (Å²) in [6.45, 7) is 7.10. The Morgan fingerprint density at radius 3 is 2.45 bits per heavy atom. The Bertz CT molecular complexity index is 534. The Hall–Kier alpha value is -1.75. The third-order valence-corrected chi connectivity index (χ3v) is 3.69. The summed E-state index contributed by atoms with van der Waals surface area (Å²) in [4.78, 5) is 16.6. The van der Waals surface area contributed by atoms with E-state index >= 15 is 0 Å². The lowest BCUT2D eigenvalue weighted by Crippen LogP contribution is -2.47. The van der Waals surface area contributed by atoms with Crippen LogP contribution in [0.2, 0.25) is 0 Å². The Morgan fingerprint density at radius 1 is 1.10 bits per heavy atom. The molecule has 0 aliphatic carbocycles. The predicted molar refractivity (Wildman–Crippen MR) is 75.2 cm³/mol. The highest BCUT2D eigenvalue weighted by Gasteiger charge is 2.32. The van der Waals surface area contributed by atoms with E-state index in [1.165, 1.54) is 0 Å². The predicted octanol–water partition coefficient (Wildman–Crippen LogP) is 1.58. The van der Waals surface area contributed by atoms with E-state index in [-0.39, 0.29) is 5.91 Å². The zero-order valence-electron chi connectivity index (χ0n) is 12.2. The van der Waals surface area contributed by atoms with E-state index in [0.29, 0.717) is 17.1 Å². The molecule has 0 atom stereocenters. The van der Waals surface area contributed by atoms with Gasteiger partial charge in [-0.1, -0.05) is 0 Å². The second kappa shape index (κ2) is 4.66.